The molecule has 0 aliphatic heterocycles. The van der Waals surface area contributed by atoms with E-state index in [1.807, 2.05) is 13.8 Å². The molecule has 112 valence electrons. The number of hydrogen-bond acceptors (Lipinski definition) is 4. The Labute approximate surface area is 128 Å². The maximum atomic E-state index is 12.5. The molecule has 2 rings (SSSR count). The van der Waals surface area contributed by atoms with Crippen LogP contribution in [0.15, 0.2) is 28.9 Å². The minimum atomic E-state index is -0.208. The van der Waals surface area contributed by atoms with Gasteiger partial charge in [0.2, 0.25) is 0 Å². The van der Waals surface area contributed by atoms with Gasteiger partial charge in [0.05, 0.1) is 23.8 Å². The van der Waals surface area contributed by atoms with Crippen LogP contribution < -0.4 is 9.47 Å². The molecule has 0 bridgehead atoms. The summed E-state index contributed by atoms with van der Waals surface area (Å²) in [5.41, 5.74) is 0.824. The highest BCUT2D eigenvalue weighted by Crippen LogP contribution is 2.34. The molecule has 0 N–H and O–H groups in total. The fourth-order valence-electron chi connectivity index (χ4n) is 1.96. The molecule has 5 heteroatoms. The third kappa shape index (κ3) is 3.39. The molecule has 0 saturated carbocycles. The molecular formula is C16H17ClO4. The van der Waals surface area contributed by atoms with Gasteiger partial charge in [-0.05, 0) is 32.9 Å². The van der Waals surface area contributed by atoms with Gasteiger partial charge < -0.3 is 13.9 Å². The van der Waals surface area contributed by atoms with Crippen LogP contribution in [0.1, 0.15) is 35.5 Å². The molecule has 0 radical (unpaired) electrons. The van der Waals surface area contributed by atoms with E-state index in [1.54, 1.807) is 25.1 Å². The smallest absolute Gasteiger partial charge is 0.197 e. The lowest BCUT2D eigenvalue weighted by molar-refractivity contribution is 0.103. The Hall–Kier alpha value is -1.94. The molecule has 0 aliphatic carbocycles. The molecule has 0 saturated heterocycles. The SMILES string of the molecule is CCOc1cc(Cl)c(C(=O)c2coc(C)c2)cc1OCC. The first-order valence-electron chi connectivity index (χ1n) is 6.75. The van der Waals surface area contributed by atoms with Crippen molar-refractivity contribution < 1.29 is 18.7 Å². The zero-order valence-corrected chi connectivity index (χ0v) is 13.0. The Bertz CT molecular complexity index is 646. The zero-order valence-electron chi connectivity index (χ0n) is 12.2. The number of aryl methyl sites for hydroxylation is 1. The topological polar surface area (TPSA) is 48.7 Å². The van der Waals surface area contributed by atoms with Crippen LogP contribution in [0.25, 0.3) is 0 Å². The second kappa shape index (κ2) is 6.68. The number of carbonyl (C=O) groups excluding carboxylic acids is 1. The summed E-state index contributed by atoms with van der Waals surface area (Å²) in [4.78, 5) is 12.5. The second-order valence-electron chi connectivity index (χ2n) is 4.42. The van der Waals surface area contributed by atoms with E-state index in [2.05, 4.69) is 0 Å². The predicted octanol–water partition coefficient (Wildman–Crippen LogP) is 4.27. The van der Waals surface area contributed by atoms with Crippen molar-refractivity contribution in [3.63, 3.8) is 0 Å². The van der Waals surface area contributed by atoms with Crippen molar-refractivity contribution in [1.82, 2.24) is 0 Å². The van der Waals surface area contributed by atoms with E-state index in [0.717, 1.165) is 0 Å². The van der Waals surface area contributed by atoms with E-state index in [0.29, 0.717) is 46.6 Å². The van der Waals surface area contributed by atoms with Crippen LogP contribution in [0.4, 0.5) is 0 Å². The molecule has 1 aromatic carbocycles. The summed E-state index contributed by atoms with van der Waals surface area (Å²) in [7, 11) is 0. The highest BCUT2D eigenvalue weighted by atomic mass is 35.5. The quantitative estimate of drug-likeness (QED) is 0.748. The lowest BCUT2D eigenvalue weighted by atomic mass is 10.0. The average molecular weight is 309 g/mol. The van der Waals surface area contributed by atoms with Crippen LogP contribution in [-0.2, 0) is 0 Å². The van der Waals surface area contributed by atoms with Crippen LogP contribution in [0.2, 0.25) is 5.02 Å². The molecule has 21 heavy (non-hydrogen) atoms. The summed E-state index contributed by atoms with van der Waals surface area (Å²) in [6, 6.07) is 4.90. The van der Waals surface area contributed by atoms with Gasteiger partial charge >= 0.3 is 0 Å². The number of furan rings is 1. The Morgan fingerprint density at radius 3 is 2.29 bits per heavy atom. The Kier molecular flexibility index (Phi) is 4.91. The molecule has 0 amide bonds. The van der Waals surface area contributed by atoms with Crippen LogP contribution >= 0.6 is 11.6 Å². The second-order valence-corrected chi connectivity index (χ2v) is 4.83. The molecule has 1 aromatic heterocycles. The maximum Gasteiger partial charge on any atom is 0.197 e. The van der Waals surface area contributed by atoms with Gasteiger partial charge in [-0.15, -0.1) is 0 Å². The number of hydrogen-bond donors (Lipinski definition) is 0. The maximum absolute atomic E-state index is 12.5. The number of benzene rings is 1. The molecule has 0 atom stereocenters. The van der Waals surface area contributed by atoms with Crippen molar-refractivity contribution in [1.29, 1.82) is 0 Å². The summed E-state index contributed by atoms with van der Waals surface area (Å²) in [5, 5.41) is 0.325. The van der Waals surface area contributed by atoms with Gasteiger partial charge in [-0.2, -0.15) is 0 Å². The lowest BCUT2D eigenvalue weighted by Crippen LogP contribution is -2.04. The molecule has 0 aliphatic rings. The van der Waals surface area contributed by atoms with E-state index in [-0.39, 0.29) is 5.78 Å². The fourth-order valence-corrected chi connectivity index (χ4v) is 2.20. The Morgan fingerprint density at radius 1 is 1.14 bits per heavy atom. The van der Waals surface area contributed by atoms with Crippen molar-refractivity contribution in [2.24, 2.45) is 0 Å². The van der Waals surface area contributed by atoms with Gasteiger partial charge in [0.15, 0.2) is 17.3 Å². The summed E-state index contributed by atoms with van der Waals surface area (Å²) in [5.74, 6) is 1.50. The normalized spacial score (nSPS) is 10.5. The van der Waals surface area contributed by atoms with Gasteiger partial charge in [0, 0.05) is 11.6 Å². The Balaban J connectivity index is 2.43. The average Bonchev–Trinajstić information content (AvgIpc) is 2.88. The number of halogens is 1. The molecule has 2 aromatic rings. The summed E-state index contributed by atoms with van der Waals surface area (Å²) in [6.07, 6.45) is 1.42. The predicted molar refractivity (Wildman–Crippen MR) is 80.7 cm³/mol. The monoisotopic (exact) mass is 308 g/mol. The Morgan fingerprint density at radius 2 is 1.76 bits per heavy atom. The summed E-state index contributed by atoms with van der Waals surface area (Å²) >= 11 is 6.20. The fraction of sp³-hybridized carbons (Fsp3) is 0.312. The van der Waals surface area contributed by atoms with Crippen molar-refractivity contribution >= 4 is 17.4 Å². The van der Waals surface area contributed by atoms with E-state index >= 15 is 0 Å². The van der Waals surface area contributed by atoms with Crippen molar-refractivity contribution in [3.05, 3.63) is 46.4 Å². The van der Waals surface area contributed by atoms with Crippen LogP contribution in [-0.4, -0.2) is 19.0 Å². The largest absolute Gasteiger partial charge is 0.490 e. The summed E-state index contributed by atoms with van der Waals surface area (Å²) in [6.45, 7) is 6.48. The number of ketones is 1. The minimum absolute atomic E-state index is 0.208. The molecular weight excluding hydrogens is 292 g/mol. The zero-order chi connectivity index (χ0) is 15.4. The van der Waals surface area contributed by atoms with Crippen molar-refractivity contribution in [2.75, 3.05) is 13.2 Å². The standard InChI is InChI=1S/C16H17ClO4/c1-4-19-14-7-12(13(17)8-15(14)20-5-2)16(18)11-6-10(3)21-9-11/h6-9H,4-5H2,1-3H3. The van der Waals surface area contributed by atoms with E-state index in [4.69, 9.17) is 25.5 Å². The van der Waals surface area contributed by atoms with Gasteiger partial charge in [0.1, 0.15) is 12.0 Å². The van der Waals surface area contributed by atoms with E-state index in [9.17, 15) is 4.79 Å². The van der Waals surface area contributed by atoms with Crippen LogP contribution in [0.5, 0.6) is 11.5 Å². The summed E-state index contributed by atoms with van der Waals surface area (Å²) < 4.78 is 16.2. The van der Waals surface area contributed by atoms with Crippen LogP contribution in [0, 0.1) is 6.92 Å². The minimum Gasteiger partial charge on any atom is -0.490 e. The van der Waals surface area contributed by atoms with Crippen LogP contribution in [0.3, 0.4) is 0 Å². The number of rotatable bonds is 6. The van der Waals surface area contributed by atoms with Gasteiger partial charge in [0.25, 0.3) is 0 Å². The van der Waals surface area contributed by atoms with E-state index < -0.39 is 0 Å². The first-order valence-corrected chi connectivity index (χ1v) is 7.13. The molecule has 0 spiro atoms. The van der Waals surface area contributed by atoms with Crippen molar-refractivity contribution in [3.8, 4) is 11.5 Å². The van der Waals surface area contributed by atoms with Crippen molar-refractivity contribution in [2.45, 2.75) is 20.8 Å². The first-order chi connectivity index (χ1) is 10.1. The molecule has 1 heterocycles. The molecule has 0 fully saturated rings. The third-order valence-corrected chi connectivity index (χ3v) is 3.18. The third-order valence-electron chi connectivity index (χ3n) is 2.87. The lowest BCUT2D eigenvalue weighted by Gasteiger charge is -2.13. The number of ether oxygens (including phenoxy) is 2. The van der Waals surface area contributed by atoms with Gasteiger partial charge in [-0.1, -0.05) is 11.6 Å². The molecule has 0 unspecified atom stereocenters. The first kappa shape index (κ1) is 15.4. The highest BCUT2D eigenvalue weighted by molar-refractivity contribution is 6.35. The highest BCUT2D eigenvalue weighted by Gasteiger charge is 2.19. The van der Waals surface area contributed by atoms with Gasteiger partial charge in [-0.25, -0.2) is 0 Å². The van der Waals surface area contributed by atoms with Gasteiger partial charge in [-0.3, -0.25) is 4.79 Å². The molecule has 4 nitrogen and oxygen atoms in total. The number of carbonyl (C=O) groups is 1. The van der Waals surface area contributed by atoms with E-state index in [1.165, 1.54) is 6.26 Å².